The van der Waals surface area contributed by atoms with E-state index < -0.39 is 20.0 Å². The number of piperidine rings is 1. The molecule has 1 unspecified atom stereocenters. The normalized spacial score (nSPS) is 23.3. The number of benzene rings is 1. The summed E-state index contributed by atoms with van der Waals surface area (Å²) in [6, 6.07) is 5.63. The SMILES string of the molecule is CNC1CCCN(S(=O)(=O)c2ccc(S(=O)(=O)NC3CC3)cc2)C1. The van der Waals surface area contributed by atoms with Gasteiger partial charge in [-0.15, -0.1) is 0 Å². The van der Waals surface area contributed by atoms with E-state index in [4.69, 9.17) is 0 Å². The maximum atomic E-state index is 12.7. The predicted molar refractivity (Wildman–Crippen MR) is 90.6 cm³/mol. The third-order valence-electron chi connectivity index (χ3n) is 4.46. The molecule has 1 saturated carbocycles. The Hall–Kier alpha value is -1.00. The van der Waals surface area contributed by atoms with Gasteiger partial charge >= 0.3 is 0 Å². The molecule has 2 aliphatic rings. The lowest BCUT2D eigenvalue weighted by atomic mass is 10.1. The maximum absolute atomic E-state index is 12.7. The monoisotopic (exact) mass is 373 g/mol. The zero-order valence-corrected chi connectivity index (χ0v) is 15.2. The molecule has 2 N–H and O–H groups in total. The summed E-state index contributed by atoms with van der Waals surface area (Å²) in [4.78, 5) is 0.227. The Balaban J connectivity index is 1.79. The van der Waals surface area contributed by atoms with Crippen LogP contribution in [0.4, 0.5) is 0 Å². The first-order valence-electron chi connectivity index (χ1n) is 8.13. The Morgan fingerprint density at radius 1 is 0.958 bits per heavy atom. The summed E-state index contributed by atoms with van der Waals surface area (Å²) in [6.07, 6.45) is 3.47. The fourth-order valence-electron chi connectivity index (χ4n) is 2.82. The van der Waals surface area contributed by atoms with Gasteiger partial charge in [0.2, 0.25) is 20.0 Å². The third kappa shape index (κ3) is 3.80. The molecule has 0 amide bonds. The molecule has 1 aliphatic carbocycles. The van der Waals surface area contributed by atoms with Crippen LogP contribution in [0.5, 0.6) is 0 Å². The predicted octanol–water partition coefficient (Wildman–Crippen LogP) is 0.500. The van der Waals surface area contributed by atoms with Crippen molar-refractivity contribution in [3.05, 3.63) is 24.3 Å². The van der Waals surface area contributed by atoms with E-state index >= 15 is 0 Å². The lowest BCUT2D eigenvalue weighted by Crippen LogP contribution is -2.46. The zero-order chi connectivity index (χ0) is 17.4. The minimum Gasteiger partial charge on any atom is -0.316 e. The summed E-state index contributed by atoms with van der Waals surface area (Å²) in [5.74, 6) is 0. The molecule has 134 valence electrons. The van der Waals surface area contributed by atoms with Gasteiger partial charge in [0.15, 0.2) is 0 Å². The third-order valence-corrected chi connectivity index (χ3v) is 7.88. The van der Waals surface area contributed by atoms with Gasteiger partial charge in [0.05, 0.1) is 9.79 Å². The number of rotatable bonds is 6. The molecule has 1 atom stereocenters. The number of likely N-dealkylation sites (N-methyl/N-ethyl adjacent to an activating group) is 1. The van der Waals surface area contributed by atoms with Crippen LogP contribution in [0, 0.1) is 0 Å². The van der Waals surface area contributed by atoms with Gasteiger partial charge in [-0.25, -0.2) is 21.6 Å². The van der Waals surface area contributed by atoms with Crippen LogP contribution in [-0.4, -0.2) is 53.4 Å². The topological polar surface area (TPSA) is 95.6 Å². The Bertz CT molecular complexity index is 787. The molecule has 1 heterocycles. The molecule has 2 fully saturated rings. The summed E-state index contributed by atoms with van der Waals surface area (Å²) in [7, 11) is -5.34. The Kier molecular flexibility index (Phi) is 4.99. The summed E-state index contributed by atoms with van der Waals surface area (Å²) in [5, 5.41) is 3.12. The molecular weight excluding hydrogens is 350 g/mol. The van der Waals surface area contributed by atoms with Gasteiger partial charge in [-0.05, 0) is 57.0 Å². The Morgan fingerprint density at radius 2 is 1.58 bits per heavy atom. The fraction of sp³-hybridized carbons (Fsp3) is 0.600. The second-order valence-electron chi connectivity index (χ2n) is 6.36. The van der Waals surface area contributed by atoms with Gasteiger partial charge in [-0.1, -0.05) is 0 Å². The van der Waals surface area contributed by atoms with Crippen molar-refractivity contribution in [2.24, 2.45) is 0 Å². The van der Waals surface area contributed by atoms with Crippen molar-refractivity contribution in [1.82, 2.24) is 14.3 Å². The van der Waals surface area contributed by atoms with E-state index in [1.807, 2.05) is 7.05 Å². The van der Waals surface area contributed by atoms with Crippen molar-refractivity contribution >= 4 is 20.0 Å². The standard InChI is InChI=1S/C15H23N3O4S2/c1-16-13-3-2-10-18(11-13)24(21,22)15-8-6-14(7-9-15)23(19,20)17-12-4-5-12/h6-9,12-13,16-17H,2-5,10-11H2,1H3. The van der Waals surface area contributed by atoms with E-state index in [0.717, 1.165) is 25.7 Å². The van der Waals surface area contributed by atoms with Crippen LogP contribution in [0.15, 0.2) is 34.1 Å². The summed E-state index contributed by atoms with van der Waals surface area (Å²) >= 11 is 0. The van der Waals surface area contributed by atoms with Crippen molar-refractivity contribution in [1.29, 1.82) is 0 Å². The van der Waals surface area contributed by atoms with E-state index in [9.17, 15) is 16.8 Å². The highest BCUT2D eigenvalue weighted by atomic mass is 32.2. The number of sulfonamides is 2. The molecule has 0 radical (unpaired) electrons. The van der Waals surface area contributed by atoms with E-state index in [0.29, 0.717) is 13.1 Å². The highest BCUT2D eigenvalue weighted by Crippen LogP contribution is 2.24. The van der Waals surface area contributed by atoms with Gasteiger partial charge < -0.3 is 5.32 Å². The number of nitrogens with one attached hydrogen (secondary N) is 2. The van der Waals surface area contributed by atoms with Gasteiger partial charge in [0, 0.05) is 25.2 Å². The molecule has 3 rings (SSSR count). The second-order valence-corrected chi connectivity index (χ2v) is 10.0. The van der Waals surface area contributed by atoms with Gasteiger partial charge in [0.25, 0.3) is 0 Å². The van der Waals surface area contributed by atoms with Gasteiger partial charge in [0.1, 0.15) is 0 Å². The molecule has 1 aromatic rings. The molecule has 24 heavy (non-hydrogen) atoms. The van der Waals surface area contributed by atoms with E-state index in [1.54, 1.807) is 0 Å². The summed E-state index contributed by atoms with van der Waals surface area (Å²) in [6.45, 7) is 0.923. The van der Waals surface area contributed by atoms with Crippen molar-refractivity contribution in [3.8, 4) is 0 Å². The van der Waals surface area contributed by atoms with E-state index in [1.165, 1.54) is 28.6 Å². The van der Waals surface area contributed by atoms with E-state index in [2.05, 4.69) is 10.0 Å². The maximum Gasteiger partial charge on any atom is 0.243 e. The van der Waals surface area contributed by atoms with Crippen molar-refractivity contribution < 1.29 is 16.8 Å². The molecule has 1 saturated heterocycles. The highest BCUT2D eigenvalue weighted by Gasteiger charge is 2.31. The Morgan fingerprint density at radius 3 is 2.17 bits per heavy atom. The van der Waals surface area contributed by atoms with Crippen LogP contribution in [0.3, 0.4) is 0 Å². The van der Waals surface area contributed by atoms with E-state index in [-0.39, 0.29) is 21.9 Å². The molecule has 1 aliphatic heterocycles. The number of hydrogen-bond donors (Lipinski definition) is 2. The average molecular weight is 374 g/mol. The molecular formula is C15H23N3O4S2. The average Bonchev–Trinajstić information content (AvgIpc) is 3.38. The summed E-state index contributed by atoms with van der Waals surface area (Å²) < 4.78 is 53.8. The van der Waals surface area contributed by atoms with Crippen LogP contribution >= 0.6 is 0 Å². The number of hydrogen-bond acceptors (Lipinski definition) is 5. The van der Waals surface area contributed by atoms with Gasteiger partial charge in [-0.3, -0.25) is 0 Å². The number of nitrogens with zero attached hydrogens (tertiary/aromatic N) is 1. The quantitative estimate of drug-likeness (QED) is 0.757. The van der Waals surface area contributed by atoms with Crippen molar-refractivity contribution in [2.45, 2.75) is 47.6 Å². The fourth-order valence-corrected chi connectivity index (χ4v) is 5.65. The zero-order valence-electron chi connectivity index (χ0n) is 13.6. The molecule has 1 aromatic carbocycles. The van der Waals surface area contributed by atoms with Crippen LogP contribution < -0.4 is 10.0 Å². The second kappa shape index (κ2) is 6.72. The van der Waals surface area contributed by atoms with Crippen molar-refractivity contribution in [2.75, 3.05) is 20.1 Å². The van der Waals surface area contributed by atoms with Gasteiger partial charge in [-0.2, -0.15) is 4.31 Å². The minimum atomic E-state index is -3.60. The van der Waals surface area contributed by atoms with Crippen molar-refractivity contribution in [3.63, 3.8) is 0 Å². The lowest BCUT2D eigenvalue weighted by Gasteiger charge is -2.31. The molecule has 0 aromatic heterocycles. The summed E-state index contributed by atoms with van der Waals surface area (Å²) in [5.41, 5.74) is 0. The smallest absolute Gasteiger partial charge is 0.243 e. The molecule has 0 spiro atoms. The minimum absolute atomic E-state index is 0.0187. The van der Waals surface area contributed by atoms with Crippen LogP contribution in [0.25, 0.3) is 0 Å². The highest BCUT2D eigenvalue weighted by molar-refractivity contribution is 7.89. The molecule has 7 nitrogen and oxygen atoms in total. The molecule has 9 heteroatoms. The first-order chi connectivity index (χ1) is 11.3. The van der Waals surface area contributed by atoms with Crippen LogP contribution in [0.2, 0.25) is 0 Å². The van der Waals surface area contributed by atoms with Crippen LogP contribution in [-0.2, 0) is 20.0 Å². The largest absolute Gasteiger partial charge is 0.316 e. The Labute approximate surface area is 143 Å². The lowest BCUT2D eigenvalue weighted by molar-refractivity contribution is 0.293. The van der Waals surface area contributed by atoms with Crippen LogP contribution in [0.1, 0.15) is 25.7 Å². The first kappa shape index (κ1) is 17.8. The molecule has 0 bridgehead atoms. The first-order valence-corrected chi connectivity index (χ1v) is 11.0.